The van der Waals surface area contributed by atoms with Crippen LogP contribution in [0, 0.1) is 0 Å². The molecule has 0 spiro atoms. The molecule has 11 aromatic carbocycles. The highest BCUT2D eigenvalue weighted by molar-refractivity contribution is 7.27. The summed E-state index contributed by atoms with van der Waals surface area (Å²) >= 11 is 1.88. The molecule has 2 atom stereocenters. The van der Waals surface area contributed by atoms with Crippen molar-refractivity contribution in [3.05, 3.63) is 300 Å². The molecule has 0 amide bonds. The quantitative estimate of drug-likeness (QED) is 0.151. The molecule has 2 aliphatic rings. The minimum Gasteiger partial charge on any atom is -0.344 e. The lowest BCUT2D eigenvalue weighted by Crippen LogP contribution is -2.35. The number of amidine groups is 4. The van der Waals surface area contributed by atoms with Crippen LogP contribution >= 0.6 is 11.3 Å². The summed E-state index contributed by atoms with van der Waals surface area (Å²) in [7, 11) is 0. The Labute approximate surface area is 470 Å². The molecule has 8 nitrogen and oxygen atoms in total. The maximum absolute atomic E-state index is 5.72. The Morgan fingerprint density at radius 3 is 1.59 bits per heavy atom. The fourth-order valence-corrected chi connectivity index (χ4v) is 13.5. The number of aliphatic imine (C=N–C) groups is 4. The first-order valence-corrected chi connectivity index (χ1v) is 28.2. The van der Waals surface area contributed by atoms with Gasteiger partial charge in [-0.2, -0.15) is 0 Å². The Hall–Kier alpha value is -10.5. The summed E-state index contributed by atoms with van der Waals surface area (Å²) in [4.78, 5) is 21.8. The molecule has 0 fully saturated rings. The number of hydrogen-bond acceptors (Lipinski definition) is 7. The van der Waals surface area contributed by atoms with Crippen molar-refractivity contribution in [1.82, 2.24) is 19.8 Å². The predicted octanol–water partition coefficient (Wildman–Crippen LogP) is 16.9. The number of hydrogen-bond donors (Lipinski definition) is 2. The second kappa shape index (κ2) is 19.2. The van der Waals surface area contributed by atoms with Crippen LogP contribution in [-0.4, -0.2) is 32.5 Å². The van der Waals surface area contributed by atoms with E-state index in [2.05, 4.69) is 250 Å². The van der Waals surface area contributed by atoms with Crippen molar-refractivity contribution in [3.63, 3.8) is 0 Å². The number of benzene rings is 11. The van der Waals surface area contributed by atoms with Crippen LogP contribution in [-0.2, 0) is 0 Å². The third-order valence-electron chi connectivity index (χ3n) is 15.8. The molecule has 0 aliphatic carbocycles. The van der Waals surface area contributed by atoms with Crippen LogP contribution in [0.3, 0.4) is 0 Å². The van der Waals surface area contributed by atoms with E-state index in [4.69, 9.17) is 20.0 Å². The number of aromatic nitrogens is 2. The molecule has 2 unspecified atom stereocenters. The van der Waals surface area contributed by atoms with Gasteiger partial charge in [0.15, 0.2) is 11.7 Å². The molecule has 0 saturated heterocycles. The summed E-state index contributed by atoms with van der Waals surface area (Å²) in [6.07, 6.45) is -0.998. The highest BCUT2D eigenvalue weighted by Crippen LogP contribution is 2.51. The first kappa shape index (κ1) is 46.6. The number of nitrogens with one attached hydrogen (secondary N) is 2. The van der Waals surface area contributed by atoms with Gasteiger partial charge in [-0.05, 0) is 64.7 Å². The van der Waals surface area contributed by atoms with Gasteiger partial charge < -0.3 is 19.8 Å². The van der Waals surface area contributed by atoms with Crippen molar-refractivity contribution >= 4 is 98.5 Å². The van der Waals surface area contributed by atoms with Gasteiger partial charge in [0.2, 0.25) is 0 Å². The molecule has 2 N–H and O–H groups in total. The van der Waals surface area contributed by atoms with Crippen molar-refractivity contribution in [1.29, 1.82) is 0 Å². The zero-order valence-corrected chi connectivity index (χ0v) is 44.5. The van der Waals surface area contributed by atoms with Crippen LogP contribution < -0.4 is 10.6 Å². The number of thiophene rings is 1. The minimum atomic E-state index is -0.520. The van der Waals surface area contributed by atoms with Gasteiger partial charge in [0.05, 0.1) is 27.8 Å². The lowest BCUT2D eigenvalue weighted by molar-refractivity contribution is 0.669. The third kappa shape index (κ3) is 7.73. The molecular weight excluding hydrogens is 1010 g/mol. The van der Waals surface area contributed by atoms with Crippen LogP contribution in [0.25, 0.3) is 86.3 Å². The highest BCUT2D eigenvalue weighted by atomic mass is 32.1. The van der Waals surface area contributed by atoms with Crippen molar-refractivity contribution < 1.29 is 0 Å². The van der Waals surface area contributed by atoms with Gasteiger partial charge in [0.25, 0.3) is 0 Å². The van der Waals surface area contributed by atoms with E-state index >= 15 is 0 Å². The van der Waals surface area contributed by atoms with Crippen LogP contribution in [0.5, 0.6) is 0 Å². The summed E-state index contributed by atoms with van der Waals surface area (Å²) in [6, 6.07) is 94.5. The highest BCUT2D eigenvalue weighted by Gasteiger charge is 2.31. The molecule has 0 radical (unpaired) electrons. The van der Waals surface area contributed by atoms with E-state index in [1.165, 1.54) is 47.2 Å². The molecule has 2 aliphatic heterocycles. The molecule has 14 aromatic rings. The summed E-state index contributed by atoms with van der Waals surface area (Å²) in [5.74, 6) is 2.72. The van der Waals surface area contributed by atoms with Gasteiger partial charge in [0.1, 0.15) is 24.0 Å². The lowest BCUT2D eigenvalue weighted by Gasteiger charge is -2.28. The van der Waals surface area contributed by atoms with Gasteiger partial charge in [-0.15, -0.1) is 11.3 Å². The van der Waals surface area contributed by atoms with Crippen molar-refractivity contribution in [2.45, 2.75) is 12.3 Å². The fourth-order valence-electron chi connectivity index (χ4n) is 12.2. The Bertz CT molecular complexity index is 4920. The predicted molar refractivity (Wildman–Crippen MR) is 337 cm³/mol. The maximum atomic E-state index is 5.72. The summed E-state index contributed by atoms with van der Waals surface area (Å²) < 4.78 is 7.51. The second-order valence-electron chi connectivity index (χ2n) is 20.5. The fraction of sp³-hybridized carbons (Fsp3) is 0.0278. The Kier molecular flexibility index (Phi) is 11.0. The zero-order valence-electron chi connectivity index (χ0n) is 43.6. The molecule has 9 heteroatoms. The van der Waals surface area contributed by atoms with E-state index in [0.717, 1.165) is 78.3 Å². The van der Waals surface area contributed by atoms with Crippen LogP contribution in [0.4, 0.5) is 0 Å². The summed E-state index contributed by atoms with van der Waals surface area (Å²) in [5.41, 5.74) is 14.4. The Morgan fingerprint density at radius 1 is 0.358 bits per heavy atom. The van der Waals surface area contributed by atoms with Crippen molar-refractivity contribution in [2.75, 3.05) is 0 Å². The molecule has 3 aromatic heterocycles. The van der Waals surface area contributed by atoms with Crippen LogP contribution in [0.2, 0.25) is 0 Å². The van der Waals surface area contributed by atoms with Gasteiger partial charge in [0, 0.05) is 69.7 Å². The molecule has 16 rings (SSSR count). The Morgan fingerprint density at radius 2 is 0.864 bits per heavy atom. The van der Waals surface area contributed by atoms with E-state index in [9.17, 15) is 0 Å². The van der Waals surface area contributed by atoms with Gasteiger partial charge in [-0.3, -0.25) is 0 Å². The average Bonchev–Trinajstić information content (AvgIpc) is 2.71. The maximum Gasteiger partial charge on any atom is 0.160 e. The van der Waals surface area contributed by atoms with E-state index in [0.29, 0.717) is 17.5 Å². The van der Waals surface area contributed by atoms with E-state index in [1.54, 1.807) is 0 Å². The summed E-state index contributed by atoms with van der Waals surface area (Å²) in [6.45, 7) is 0. The van der Waals surface area contributed by atoms with Gasteiger partial charge in [-0.25, -0.2) is 20.0 Å². The van der Waals surface area contributed by atoms with Gasteiger partial charge in [-0.1, -0.05) is 224 Å². The molecular formula is C72H48N8S. The number of fused-ring (bicyclic) bond motifs is 12. The number of nitrogens with zero attached hydrogens (tertiary/aromatic N) is 6. The molecule has 0 bridgehead atoms. The molecule has 0 saturated carbocycles. The van der Waals surface area contributed by atoms with Crippen molar-refractivity contribution in [3.8, 4) is 22.5 Å². The van der Waals surface area contributed by atoms with Crippen molar-refractivity contribution in [2.24, 2.45) is 20.0 Å². The number of rotatable bonds is 9. The SMILES string of the molecule is c1ccc(C2=NC(c3ccc(-n4c5ccccc5c5c6sc7ccccc7c6c6c(c7ccccc7n6-c6ccccc6)c54)c(C4=NC(c5ccccc5-c5ccccc5)=NC(c5ccccc5)N4)c3)NC(c3ccccc3)=N2)cc1. The largest absolute Gasteiger partial charge is 0.344 e. The zero-order chi connectivity index (χ0) is 53.4. The van der Waals surface area contributed by atoms with Crippen LogP contribution in [0.1, 0.15) is 45.7 Å². The van der Waals surface area contributed by atoms with E-state index < -0.39 is 12.3 Å². The molecule has 81 heavy (non-hydrogen) atoms. The minimum absolute atomic E-state index is 0.478. The van der Waals surface area contributed by atoms with Crippen LogP contribution in [0.15, 0.2) is 287 Å². The lowest BCUT2D eigenvalue weighted by atomic mass is 9.98. The molecule has 382 valence electrons. The smallest absolute Gasteiger partial charge is 0.160 e. The average molecular weight is 1060 g/mol. The van der Waals surface area contributed by atoms with E-state index in [1.807, 2.05) is 47.7 Å². The standard InChI is InChI=1S/C72H48N8S/c1-6-24-45(25-7-1)51-34-16-17-35-52(51)71-76-69(48-30-12-4-13-31-48)77-72(78-71)56-44-49(70-74-67(46-26-8-2-9-27-46)73-68(75-70)47-28-10-3-11-29-47)42-43-59(56)80-58-40-22-19-37-54(58)62-65(80)61-53-36-18-21-39-57(53)79(50-32-14-5-15-33-50)64(61)63-55-38-20-23-41-60(55)81-66(62)63/h1-44,69-70H,(H,73,74,75)(H,76,77,78). The second-order valence-corrected chi connectivity index (χ2v) is 21.6. The summed E-state index contributed by atoms with van der Waals surface area (Å²) in [5, 5.41) is 15.0. The van der Waals surface area contributed by atoms with Gasteiger partial charge >= 0.3 is 0 Å². The monoisotopic (exact) mass is 1060 g/mol. The van der Waals surface area contributed by atoms with E-state index in [-0.39, 0.29) is 0 Å². The Balaban J connectivity index is 1.03. The topological polar surface area (TPSA) is 83.4 Å². The number of para-hydroxylation sites is 3. The third-order valence-corrected chi connectivity index (χ3v) is 17.0. The first-order valence-electron chi connectivity index (χ1n) is 27.4. The normalized spacial score (nSPS) is 15.4. The molecule has 5 heterocycles. The first-order chi connectivity index (χ1) is 40.2.